The maximum absolute atomic E-state index is 11.4. The van der Waals surface area contributed by atoms with Crippen molar-refractivity contribution in [2.24, 2.45) is 5.41 Å². The Morgan fingerprint density at radius 1 is 1.44 bits per heavy atom. The van der Waals surface area contributed by atoms with Crippen LogP contribution in [0, 0.1) is 12.3 Å². The lowest BCUT2D eigenvalue weighted by Crippen LogP contribution is -2.40. The van der Waals surface area contributed by atoms with Crippen molar-refractivity contribution in [2.75, 3.05) is 13.6 Å². The number of furan rings is 1. The van der Waals surface area contributed by atoms with E-state index in [0.717, 1.165) is 17.9 Å². The van der Waals surface area contributed by atoms with Crippen LogP contribution in [0.2, 0.25) is 0 Å². The van der Waals surface area contributed by atoms with Gasteiger partial charge in [0.15, 0.2) is 0 Å². The van der Waals surface area contributed by atoms with Gasteiger partial charge < -0.3 is 14.4 Å². The summed E-state index contributed by atoms with van der Waals surface area (Å²) in [5.74, 6) is 0.194. The number of aliphatic carboxylic acids is 1. The Kier molecular flexibility index (Phi) is 4.96. The molecule has 0 aliphatic heterocycles. The van der Waals surface area contributed by atoms with E-state index in [1.54, 1.807) is 6.26 Å². The van der Waals surface area contributed by atoms with Gasteiger partial charge in [-0.25, -0.2) is 0 Å². The zero-order chi connectivity index (χ0) is 13.8. The standard InChI is InChI=1S/C14H23NO3/c1-5-14(6-2,13(16)17)10-15(4)9-12-7-8-18-11(12)3/h7-8H,5-6,9-10H2,1-4H3,(H,16,17). The first-order chi connectivity index (χ1) is 8.45. The second-order valence-corrected chi connectivity index (χ2v) is 4.97. The summed E-state index contributed by atoms with van der Waals surface area (Å²) in [6, 6.07) is 1.94. The number of carboxylic acid groups (broad SMARTS) is 1. The predicted molar refractivity (Wildman–Crippen MR) is 70.4 cm³/mol. The van der Waals surface area contributed by atoms with Crippen molar-refractivity contribution in [1.82, 2.24) is 4.90 Å². The van der Waals surface area contributed by atoms with Gasteiger partial charge >= 0.3 is 5.97 Å². The lowest BCUT2D eigenvalue weighted by atomic mass is 9.82. The van der Waals surface area contributed by atoms with Crippen LogP contribution in [0.25, 0.3) is 0 Å². The minimum absolute atomic E-state index is 0.556. The second kappa shape index (κ2) is 6.05. The van der Waals surface area contributed by atoms with E-state index in [2.05, 4.69) is 4.90 Å². The number of rotatable bonds is 7. The number of hydrogen-bond donors (Lipinski definition) is 1. The molecule has 1 heterocycles. The summed E-state index contributed by atoms with van der Waals surface area (Å²) >= 11 is 0. The molecule has 1 rings (SSSR count). The third-order valence-electron chi connectivity index (χ3n) is 3.79. The van der Waals surface area contributed by atoms with Crippen LogP contribution in [0.15, 0.2) is 16.7 Å². The van der Waals surface area contributed by atoms with E-state index in [-0.39, 0.29) is 0 Å². The molecule has 0 aliphatic carbocycles. The van der Waals surface area contributed by atoms with E-state index < -0.39 is 11.4 Å². The van der Waals surface area contributed by atoms with Gasteiger partial charge in [0.1, 0.15) is 5.76 Å². The molecule has 102 valence electrons. The Balaban J connectivity index is 2.71. The Morgan fingerprint density at radius 3 is 2.44 bits per heavy atom. The molecule has 0 aromatic carbocycles. The van der Waals surface area contributed by atoms with Crippen LogP contribution in [0.4, 0.5) is 0 Å². The number of aryl methyl sites for hydroxylation is 1. The molecule has 0 unspecified atom stereocenters. The van der Waals surface area contributed by atoms with Crippen LogP contribution in [-0.2, 0) is 11.3 Å². The maximum atomic E-state index is 11.4. The third-order valence-corrected chi connectivity index (χ3v) is 3.79. The number of hydrogen-bond acceptors (Lipinski definition) is 3. The highest BCUT2D eigenvalue weighted by Gasteiger charge is 2.35. The van der Waals surface area contributed by atoms with Crippen molar-refractivity contribution in [3.63, 3.8) is 0 Å². The van der Waals surface area contributed by atoms with Crippen LogP contribution < -0.4 is 0 Å². The largest absolute Gasteiger partial charge is 0.481 e. The molecule has 18 heavy (non-hydrogen) atoms. The fourth-order valence-electron chi connectivity index (χ4n) is 2.28. The molecule has 0 spiro atoms. The molecule has 1 N–H and O–H groups in total. The molecule has 4 nitrogen and oxygen atoms in total. The minimum atomic E-state index is -0.705. The van der Waals surface area contributed by atoms with Gasteiger partial charge in [-0.3, -0.25) is 4.79 Å². The van der Waals surface area contributed by atoms with E-state index >= 15 is 0 Å². The predicted octanol–water partition coefficient (Wildman–Crippen LogP) is 2.91. The van der Waals surface area contributed by atoms with Crippen molar-refractivity contribution >= 4 is 5.97 Å². The van der Waals surface area contributed by atoms with Crippen molar-refractivity contribution in [1.29, 1.82) is 0 Å². The normalized spacial score (nSPS) is 12.1. The van der Waals surface area contributed by atoms with E-state index in [1.807, 2.05) is 33.9 Å². The van der Waals surface area contributed by atoms with E-state index in [4.69, 9.17) is 4.42 Å². The average Bonchev–Trinajstić information content (AvgIpc) is 2.71. The monoisotopic (exact) mass is 253 g/mol. The summed E-state index contributed by atoms with van der Waals surface area (Å²) in [4.78, 5) is 13.5. The fourth-order valence-corrected chi connectivity index (χ4v) is 2.28. The number of carbonyl (C=O) groups is 1. The first kappa shape index (κ1) is 14.8. The van der Waals surface area contributed by atoms with E-state index in [9.17, 15) is 9.90 Å². The summed E-state index contributed by atoms with van der Waals surface area (Å²) in [7, 11) is 1.95. The topological polar surface area (TPSA) is 53.7 Å². The zero-order valence-electron chi connectivity index (χ0n) is 11.7. The smallest absolute Gasteiger partial charge is 0.310 e. The molecule has 1 aromatic rings. The second-order valence-electron chi connectivity index (χ2n) is 4.97. The Labute approximate surface area is 109 Å². The maximum Gasteiger partial charge on any atom is 0.310 e. The van der Waals surface area contributed by atoms with E-state index in [1.165, 1.54) is 0 Å². The van der Waals surface area contributed by atoms with E-state index in [0.29, 0.717) is 19.4 Å². The van der Waals surface area contributed by atoms with Gasteiger partial charge in [-0.15, -0.1) is 0 Å². The quantitative estimate of drug-likeness (QED) is 0.811. The highest BCUT2D eigenvalue weighted by molar-refractivity contribution is 5.74. The molecule has 0 aliphatic rings. The lowest BCUT2D eigenvalue weighted by molar-refractivity contribution is -0.150. The van der Waals surface area contributed by atoms with Gasteiger partial charge in [-0.05, 0) is 32.9 Å². The van der Waals surface area contributed by atoms with Crippen LogP contribution in [0.1, 0.15) is 38.0 Å². The Hall–Kier alpha value is -1.29. The van der Waals surface area contributed by atoms with Crippen molar-refractivity contribution < 1.29 is 14.3 Å². The molecule has 0 amide bonds. The highest BCUT2D eigenvalue weighted by atomic mass is 16.4. The van der Waals surface area contributed by atoms with Crippen LogP contribution in [0.5, 0.6) is 0 Å². The molecular formula is C14H23NO3. The van der Waals surface area contributed by atoms with Crippen LogP contribution in [-0.4, -0.2) is 29.6 Å². The van der Waals surface area contributed by atoms with Gasteiger partial charge in [0.05, 0.1) is 11.7 Å². The van der Waals surface area contributed by atoms with Gasteiger partial charge in [0.25, 0.3) is 0 Å². The summed E-state index contributed by atoms with van der Waals surface area (Å²) in [5.41, 5.74) is 0.468. The lowest BCUT2D eigenvalue weighted by Gasteiger charge is -2.31. The van der Waals surface area contributed by atoms with Crippen molar-refractivity contribution in [2.45, 2.75) is 40.2 Å². The SMILES string of the molecule is CCC(CC)(CN(C)Cc1ccoc1C)C(=O)O. The molecule has 0 saturated carbocycles. The van der Waals surface area contributed by atoms with Gasteiger partial charge in [0, 0.05) is 18.7 Å². The molecule has 1 aromatic heterocycles. The molecular weight excluding hydrogens is 230 g/mol. The summed E-state index contributed by atoms with van der Waals surface area (Å²) in [6.07, 6.45) is 2.96. The Bertz CT molecular complexity index is 393. The van der Waals surface area contributed by atoms with Gasteiger partial charge in [-0.2, -0.15) is 0 Å². The summed E-state index contributed by atoms with van der Waals surface area (Å²) in [6.45, 7) is 7.08. The fraction of sp³-hybridized carbons (Fsp3) is 0.643. The summed E-state index contributed by atoms with van der Waals surface area (Å²) < 4.78 is 5.25. The first-order valence-electron chi connectivity index (χ1n) is 6.40. The van der Waals surface area contributed by atoms with Gasteiger partial charge in [0.2, 0.25) is 0 Å². The number of carboxylic acids is 1. The number of nitrogens with zero attached hydrogens (tertiary/aromatic N) is 1. The molecule has 0 saturated heterocycles. The first-order valence-corrected chi connectivity index (χ1v) is 6.40. The highest BCUT2D eigenvalue weighted by Crippen LogP contribution is 2.28. The Morgan fingerprint density at radius 2 is 2.06 bits per heavy atom. The molecule has 0 bridgehead atoms. The van der Waals surface area contributed by atoms with Crippen LogP contribution in [0.3, 0.4) is 0 Å². The van der Waals surface area contributed by atoms with Gasteiger partial charge in [-0.1, -0.05) is 13.8 Å². The van der Waals surface area contributed by atoms with Crippen LogP contribution >= 0.6 is 0 Å². The third kappa shape index (κ3) is 3.13. The summed E-state index contributed by atoms with van der Waals surface area (Å²) in [5, 5.41) is 9.41. The molecule has 0 atom stereocenters. The zero-order valence-corrected chi connectivity index (χ0v) is 11.7. The molecule has 0 radical (unpaired) electrons. The average molecular weight is 253 g/mol. The molecule has 0 fully saturated rings. The van der Waals surface area contributed by atoms with Crippen molar-refractivity contribution in [3.05, 3.63) is 23.7 Å². The minimum Gasteiger partial charge on any atom is -0.481 e. The molecule has 4 heteroatoms. The van der Waals surface area contributed by atoms with Crippen molar-refractivity contribution in [3.8, 4) is 0 Å².